The monoisotopic (exact) mass is 341 g/mol. The lowest BCUT2D eigenvalue weighted by molar-refractivity contribution is -0.122. The second kappa shape index (κ2) is 7.79. The molecule has 3 nitrogen and oxygen atoms in total. The summed E-state index contributed by atoms with van der Waals surface area (Å²) in [6.07, 6.45) is 1.73. The maximum absolute atomic E-state index is 11.9. The molecule has 0 aliphatic rings. The number of hydrogen-bond acceptors (Lipinski definition) is 2. The van der Waals surface area contributed by atoms with Crippen LogP contribution >= 0.6 is 15.9 Å². The van der Waals surface area contributed by atoms with Crippen molar-refractivity contribution in [3.05, 3.63) is 34.3 Å². The number of amides is 1. The van der Waals surface area contributed by atoms with Crippen molar-refractivity contribution in [3.63, 3.8) is 0 Å². The molecule has 0 radical (unpaired) electrons. The highest BCUT2D eigenvalue weighted by Crippen LogP contribution is 2.21. The van der Waals surface area contributed by atoms with E-state index in [-0.39, 0.29) is 11.8 Å². The molecule has 1 amide bonds. The van der Waals surface area contributed by atoms with E-state index in [1.54, 1.807) is 0 Å². The molecule has 0 heterocycles. The van der Waals surface area contributed by atoms with E-state index < -0.39 is 5.60 Å². The van der Waals surface area contributed by atoms with Crippen LogP contribution in [0.2, 0.25) is 0 Å². The van der Waals surface area contributed by atoms with Gasteiger partial charge in [0.15, 0.2) is 0 Å². The molecular weight excluding hydrogens is 318 g/mol. The third kappa shape index (κ3) is 5.25. The van der Waals surface area contributed by atoms with Crippen molar-refractivity contribution in [2.75, 3.05) is 6.54 Å². The van der Waals surface area contributed by atoms with E-state index in [9.17, 15) is 9.90 Å². The standard InChI is InChI=1S/C16H24BrNO2/c1-4-16(20,5-2)11-18-15(19)10-12(3)13-6-8-14(17)9-7-13/h6-9,12,20H,4-5,10-11H2,1-3H3,(H,18,19). The Balaban J connectivity index is 2.48. The fourth-order valence-corrected chi connectivity index (χ4v) is 2.29. The van der Waals surface area contributed by atoms with E-state index in [1.165, 1.54) is 0 Å². The SMILES string of the molecule is CCC(O)(CC)CNC(=O)CC(C)c1ccc(Br)cc1. The minimum Gasteiger partial charge on any atom is -0.388 e. The lowest BCUT2D eigenvalue weighted by atomic mass is 9.96. The first-order valence-corrected chi connectivity index (χ1v) is 7.94. The van der Waals surface area contributed by atoms with Crippen molar-refractivity contribution in [2.24, 2.45) is 0 Å². The molecule has 4 heteroatoms. The first kappa shape index (κ1) is 17.2. The minimum atomic E-state index is -0.781. The van der Waals surface area contributed by atoms with E-state index in [4.69, 9.17) is 0 Å². The molecule has 1 unspecified atom stereocenters. The van der Waals surface area contributed by atoms with Gasteiger partial charge in [0, 0.05) is 17.4 Å². The van der Waals surface area contributed by atoms with Gasteiger partial charge in [-0.2, -0.15) is 0 Å². The summed E-state index contributed by atoms with van der Waals surface area (Å²) in [6, 6.07) is 8.01. The summed E-state index contributed by atoms with van der Waals surface area (Å²) in [6.45, 7) is 6.22. The fourth-order valence-electron chi connectivity index (χ4n) is 2.02. The summed E-state index contributed by atoms with van der Waals surface area (Å²) >= 11 is 3.40. The molecule has 1 rings (SSSR count). The Bertz CT molecular complexity index is 427. The van der Waals surface area contributed by atoms with Gasteiger partial charge in [-0.1, -0.05) is 48.8 Å². The molecule has 0 aliphatic heterocycles. The van der Waals surface area contributed by atoms with Crippen molar-refractivity contribution in [1.82, 2.24) is 5.32 Å². The van der Waals surface area contributed by atoms with E-state index in [0.29, 0.717) is 25.8 Å². The molecule has 0 spiro atoms. The van der Waals surface area contributed by atoms with Crippen LogP contribution in [0.4, 0.5) is 0 Å². The van der Waals surface area contributed by atoms with Gasteiger partial charge in [0.2, 0.25) is 5.91 Å². The predicted molar refractivity (Wildman–Crippen MR) is 85.7 cm³/mol. The van der Waals surface area contributed by atoms with Gasteiger partial charge < -0.3 is 10.4 Å². The van der Waals surface area contributed by atoms with Crippen molar-refractivity contribution >= 4 is 21.8 Å². The van der Waals surface area contributed by atoms with Crippen LogP contribution in [0.1, 0.15) is 51.5 Å². The first-order chi connectivity index (χ1) is 9.40. The van der Waals surface area contributed by atoms with E-state index in [0.717, 1.165) is 10.0 Å². The van der Waals surface area contributed by atoms with Crippen LogP contribution < -0.4 is 5.32 Å². The average molecular weight is 342 g/mol. The quantitative estimate of drug-likeness (QED) is 0.795. The highest BCUT2D eigenvalue weighted by atomic mass is 79.9. The summed E-state index contributed by atoms with van der Waals surface area (Å²) in [5, 5.41) is 13.0. The second-order valence-electron chi connectivity index (χ2n) is 5.36. The number of hydrogen-bond donors (Lipinski definition) is 2. The highest BCUT2D eigenvalue weighted by molar-refractivity contribution is 9.10. The van der Waals surface area contributed by atoms with Gasteiger partial charge >= 0.3 is 0 Å². The van der Waals surface area contributed by atoms with Gasteiger partial charge in [-0.05, 0) is 36.5 Å². The van der Waals surface area contributed by atoms with Gasteiger partial charge in [0.1, 0.15) is 0 Å². The predicted octanol–water partition coefficient (Wildman–Crippen LogP) is 3.61. The van der Waals surface area contributed by atoms with Crippen LogP contribution in [-0.2, 0) is 4.79 Å². The van der Waals surface area contributed by atoms with Gasteiger partial charge in [0.25, 0.3) is 0 Å². The fraction of sp³-hybridized carbons (Fsp3) is 0.562. The number of carbonyl (C=O) groups is 1. The lowest BCUT2D eigenvalue weighted by Gasteiger charge is -2.25. The minimum absolute atomic E-state index is 0.0132. The maximum atomic E-state index is 11.9. The van der Waals surface area contributed by atoms with E-state index in [1.807, 2.05) is 45.0 Å². The Kier molecular flexibility index (Phi) is 6.69. The zero-order chi connectivity index (χ0) is 15.2. The summed E-state index contributed by atoms with van der Waals surface area (Å²) in [5.41, 5.74) is 0.362. The van der Waals surface area contributed by atoms with Crippen LogP contribution in [0.25, 0.3) is 0 Å². The number of carbonyl (C=O) groups excluding carboxylic acids is 1. The van der Waals surface area contributed by atoms with Crippen LogP contribution in [0.3, 0.4) is 0 Å². The van der Waals surface area contributed by atoms with Crippen LogP contribution in [0.15, 0.2) is 28.7 Å². The molecule has 0 aromatic heterocycles. The number of benzene rings is 1. The highest BCUT2D eigenvalue weighted by Gasteiger charge is 2.23. The van der Waals surface area contributed by atoms with Gasteiger partial charge in [0.05, 0.1) is 5.60 Å². The van der Waals surface area contributed by atoms with E-state index >= 15 is 0 Å². The van der Waals surface area contributed by atoms with Crippen LogP contribution in [0.5, 0.6) is 0 Å². The zero-order valence-electron chi connectivity index (χ0n) is 12.4. The first-order valence-electron chi connectivity index (χ1n) is 7.14. The van der Waals surface area contributed by atoms with Crippen LogP contribution in [0, 0.1) is 0 Å². The molecule has 1 atom stereocenters. The molecule has 1 aromatic rings. The van der Waals surface area contributed by atoms with Gasteiger partial charge in [-0.25, -0.2) is 0 Å². The molecule has 0 bridgehead atoms. The number of aliphatic hydroxyl groups is 1. The normalized spacial score (nSPS) is 13.1. The average Bonchev–Trinajstić information content (AvgIpc) is 2.45. The van der Waals surface area contributed by atoms with E-state index in [2.05, 4.69) is 21.2 Å². The Morgan fingerprint density at radius 3 is 2.35 bits per heavy atom. The Morgan fingerprint density at radius 2 is 1.85 bits per heavy atom. The lowest BCUT2D eigenvalue weighted by Crippen LogP contribution is -2.42. The molecule has 2 N–H and O–H groups in total. The van der Waals surface area contributed by atoms with Crippen molar-refractivity contribution in [2.45, 2.75) is 51.6 Å². The summed E-state index contributed by atoms with van der Waals surface area (Å²) < 4.78 is 1.04. The van der Waals surface area contributed by atoms with Crippen molar-refractivity contribution < 1.29 is 9.90 Å². The maximum Gasteiger partial charge on any atom is 0.220 e. The Morgan fingerprint density at radius 1 is 1.30 bits per heavy atom. The van der Waals surface area contributed by atoms with Crippen molar-refractivity contribution in [3.8, 4) is 0 Å². The van der Waals surface area contributed by atoms with Crippen LogP contribution in [-0.4, -0.2) is 23.2 Å². The number of rotatable bonds is 7. The Labute approximate surface area is 129 Å². The molecule has 0 aliphatic carbocycles. The van der Waals surface area contributed by atoms with Crippen molar-refractivity contribution in [1.29, 1.82) is 0 Å². The summed E-state index contributed by atoms with van der Waals surface area (Å²) in [7, 11) is 0. The molecule has 0 saturated heterocycles. The smallest absolute Gasteiger partial charge is 0.220 e. The molecule has 0 fully saturated rings. The number of halogens is 1. The Hall–Kier alpha value is -0.870. The molecule has 20 heavy (non-hydrogen) atoms. The summed E-state index contributed by atoms with van der Waals surface area (Å²) in [4.78, 5) is 11.9. The third-order valence-corrected chi connectivity index (χ3v) is 4.39. The second-order valence-corrected chi connectivity index (χ2v) is 6.28. The molecule has 0 saturated carbocycles. The topological polar surface area (TPSA) is 49.3 Å². The molecular formula is C16H24BrNO2. The molecule has 1 aromatic carbocycles. The third-order valence-electron chi connectivity index (χ3n) is 3.86. The number of nitrogens with one attached hydrogen (secondary N) is 1. The summed E-state index contributed by atoms with van der Waals surface area (Å²) in [5.74, 6) is 0.153. The van der Waals surface area contributed by atoms with Gasteiger partial charge in [-0.3, -0.25) is 4.79 Å². The zero-order valence-corrected chi connectivity index (χ0v) is 14.0. The van der Waals surface area contributed by atoms with Gasteiger partial charge in [-0.15, -0.1) is 0 Å². The molecule has 112 valence electrons. The largest absolute Gasteiger partial charge is 0.388 e.